The average Bonchev–Trinajstić information content (AvgIpc) is 3.60. The molecule has 0 amide bonds. The highest BCUT2D eigenvalue weighted by molar-refractivity contribution is 7.00. The van der Waals surface area contributed by atoms with Gasteiger partial charge in [0, 0.05) is 44.8 Å². The molecule has 1 aromatic heterocycles. The molecule has 0 radical (unpaired) electrons. The van der Waals surface area contributed by atoms with Crippen molar-refractivity contribution in [2.24, 2.45) is 0 Å². The number of para-hydroxylation sites is 1. The quantitative estimate of drug-likeness (QED) is 0.166. The first-order valence-corrected chi connectivity index (χ1v) is 22.5. The van der Waals surface area contributed by atoms with E-state index in [0.29, 0.717) is 0 Å². The van der Waals surface area contributed by atoms with E-state index in [0.717, 1.165) is 27.6 Å². The van der Waals surface area contributed by atoms with Crippen LogP contribution in [0.1, 0.15) is 105 Å². The van der Waals surface area contributed by atoms with Crippen LogP contribution in [0.15, 0.2) is 144 Å². The second kappa shape index (κ2) is 13.8. The normalized spacial score (nSPS) is 14.0. The molecule has 0 atom stereocenters. The van der Waals surface area contributed by atoms with Crippen LogP contribution in [0.3, 0.4) is 0 Å². The van der Waals surface area contributed by atoms with Gasteiger partial charge in [-0.1, -0.05) is 156 Å². The molecule has 0 N–H and O–H groups in total. The zero-order valence-corrected chi connectivity index (χ0v) is 38.7. The largest absolute Gasteiger partial charge is 0.456 e. The van der Waals surface area contributed by atoms with Crippen LogP contribution in [0.5, 0.6) is 0 Å². The van der Waals surface area contributed by atoms with E-state index in [1.807, 2.05) is 6.07 Å². The van der Waals surface area contributed by atoms with E-state index in [1.54, 1.807) is 0 Å². The van der Waals surface area contributed by atoms with Crippen LogP contribution < -0.4 is 26.2 Å². The average molecular weight is 811 g/mol. The molecule has 0 saturated carbocycles. The third-order valence-corrected chi connectivity index (χ3v) is 13.5. The zero-order chi connectivity index (χ0) is 43.7. The first kappa shape index (κ1) is 40.1. The van der Waals surface area contributed by atoms with E-state index in [9.17, 15) is 0 Å². The molecule has 0 spiro atoms. The van der Waals surface area contributed by atoms with Gasteiger partial charge in [0.25, 0.3) is 6.71 Å². The molecular formula is C58H59BN2O. The second-order valence-corrected chi connectivity index (χ2v) is 21.9. The number of anilines is 6. The van der Waals surface area contributed by atoms with Crippen molar-refractivity contribution in [3.05, 3.63) is 162 Å². The Bertz CT molecular complexity index is 3070. The van der Waals surface area contributed by atoms with Crippen molar-refractivity contribution < 1.29 is 4.42 Å². The fraction of sp³-hybridized carbons (Fsp3) is 0.276. The number of fused-ring (bicyclic) bond motifs is 7. The maximum Gasteiger partial charge on any atom is 0.252 e. The molecule has 2 aliphatic heterocycles. The number of benzene rings is 7. The van der Waals surface area contributed by atoms with Gasteiger partial charge in [-0.05, 0) is 133 Å². The number of furan rings is 1. The van der Waals surface area contributed by atoms with Gasteiger partial charge >= 0.3 is 0 Å². The molecular weight excluding hydrogens is 751 g/mol. The van der Waals surface area contributed by atoms with Gasteiger partial charge < -0.3 is 14.2 Å². The van der Waals surface area contributed by atoms with Crippen molar-refractivity contribution >= 4 is 79.2 Å². The Kier molecular flexibility index (Phi) is 8.89. The van der Waals surface area contributed by atoms with Crippen LogP contribution in [0.2, 0.25) is 0 Å². The standard InChI is InChI=1S/C58H59BN2O/c1-55(2,3)37-21-26-41(27-22-37)60-48-29-24-39(57(7,8)9)34-45(48)59-46-35-40(58(10,11)12)25-30-49(46)61(51-18-15-17-50(60)54(51)59)47-28-23-38(56(4,5)6)33-43(47)36-20-31-53-44(32-36)42-16-13-14-19-52(42)62-53/h13-35H,1-12H3. The van der Waals surface area contributed by atoms with Crippen molar-refractivity contribution in [3.8, 4) is 11.1 Å². The third-order valence-electron chi connectivity index (χ3n) is 13.5. The molecule has 2 aliphatic rings. The van der Waals surface area contributed by atoms with Gasteiger partial charge in [-0.2, -0.15) is 0 Å². The third kappa shape index (κ3) is 6.48. The summed E-state index contributed by atoms with van der Waals surface area (Å²) in [7, 11) is 0. The lowest BCUT2D eigenvalue weighted by Gasteiger charge is -2.45. The van der Waals surface area contributed by atoms with Gasteiger partial charge in [-0.3, -0.25) is 0 Å². The number of hydrogen-bond acceptors (Lipinski definition) is 3. The number of nitrogens with zero attached hydrogens (tertiary/aromatic N) is 2. The molecule has 4 heteroatoms. The van der Waals surface area contributed by atoms with Crippen LogP contribution in [0.25, 0.3) is 33.1 Å². The summed E-state index contributed by atoms with van der Waals surface area (Å²) in [5.41, 5.74) is 20.7. The highest BCUT2D eigenvalue weighted by atomic mass is 16.3. The Morgan fingerprint density at radius 3 is 1.48 bits per heavy atom. The minimum Gasteiger partial charge on any atom is -0.456 e. The smallest absolute Gasteiger partial charge is 0.252 e. The van der Waals surface area contributed by atoms with E-state index < -0.39 is 0 Å². The molecule has 0 aliphatic carbocycles. The van der Waals surface area contributed by atoms with Crippen LogP contribution in [-0.2, 0) is 21.7 Å². The molecule has 7 aromatic carbocycles. The monoisotopic (exact) mass is 810 g/mol. The minimum atomic E-state index is -0.0460. The molecule has 0 unspecified atom stereocenters. The molecule has 0 bridgehead atoms. The Labute approximate surface area is 369 Å². The van der Waals surface area contributed by atoms with E-state index in [-0.39, 0.29) is 28.4 Å². The van der Waals surface area contributed by atoms with Crippen LogP contribution >= 0.6 is 0 Å². The predicted octanol–water partition coefficient (Wildman–Crippen LogP) is 14.5. The molecule has 0 saturated heterocycles. The molecule has 0 fully saturated rings. The fourth-order valence-corrected chi connectivity index (χ4v) is 9.85. The van der Waals surface area contributed by atoms with Gasteiger partial charge in [-0.15, -0.1) is 0 Å². The van der Waals surface area contributed by atoms with Crippen molar-refractivity contribution in [3.63, 3.8) is 0 Å². The van der Waals surface area contributed by atoms with Gasteiger partial charge in [0.15, 0.2) is 0 Å². The summed E-state index contributed by atoms with van der Waals surface area (Å²) in [6, 6.07) is 53.2. The topological polar surface area (TPSA) is 19.6 Å². The molecule has 8 aromatic rings. The van der Waals surface area contributed by atoms with Gasteiger partial charge in [0.05, 0.1) is 5.69 Å². The first-order valence-electron chi connectivity index (χ1n) is 22.5. The van der Waals surface area contributed by atoms with Crippen LogP contribution in [0.4, 0.5) is 34.1 Å². The Morgan fingerprint density at radius 2 is 0.887 bits per heavy atom. The van der Waals surface area contributed by atoms with Crippen molar-refractivity contribution in [1.82, 2.24) is 0 Å². The van der Waals surface area contributed by atoms with E-state index in [4.69, 9.17) is 4.42 Å². The van der Waals surface area contributed by atoms with Gasteiger partial charge in [-0.25, -0.2) is 0 Å². The highest BCUT2D eigenvalue weighted by Crippen LogP contribution is 2.48. The van der Waals surface area contributed by atoms with Gasteiger partial charge in [0.2, 0.25) is 0 Å². The Morgan fingerprint density at radius 1 is 0.387 bits per heavy atom. The Balaban J connectivity index is 1.28. The van der Waals surface area contributed by atoms with Crippen molar-refractivity contribution in [2.75, 3.05) is 9.80 Å². The van der Waals surface area contributed by atoms with Crippen molar-refractivity contribution in [1.29, 1.82) is 0 Å². The Hall–Kier alpha value is -6.00. The minimum absolute atomic E-state index is 0.0179. The summed E-state index contributed by atoms with van der Waals surface area (Å²) >= 11 is 0. The number of hydrogen-bond donors (Lipinski definition) is 0. The molecule has 3 heterocycles. The summed E-state index contributed by atoms with van der Waals surface area (Å²) in [4.78, 5) is 5.11. The van der Waals surface area contributed by atoms with Crippen LogP contribution in [0, 0.1) is 0 Å². The fourth-order valence-electron chi connectivity index (χ4n) is 9.85. The van der Waals surface area contributed by atoms with Gasteiger partial charge in [0.1, 0.15) is 11.2 Å². The molecule has 10 rings (SSSR count). The summed E-state index contributed by atoms with van der Waals surface area (Å²) < 4.78 is 6.36. The van der Waals surface area contributed by atoms with E-state index >= 15 is 0 Å². The SMILES string of the molecule is CC(C)(C)c1ccc(N2c3ccc(C(C)(C)C)cc3B3c4cc(C(C)(C)C)ccc4N(c4ccc(C(C)(C)C)cc4-c4ccc5oc6ccccc6c5c4)c4cccc2c43)cc1. The van der Waals surface area contributed by atoms with E-state index in [1.165, 1.54) is 78.2 Å². The number of rotatable bonds is 3. The van der Waals surface area contributed by atoms with Crippen LogP contribution in [-0.4, -0.2) is 6.71 Å². The lowest BCUT2D eigenvalue weighted by atomic mass is 9.33. The summed E-state index contributed by atoms with van der Waals surface area (Å²) in [5, 5.41) is 2.27. The molecule has 3 nitrogen and oxygen atoms in total. The first-order chi connectivity index (χ1) is 29.3. The molecule has 310 valence electrons. The van der Waals surface area contributed by atoms with E-state index in [2.05, 4.69) is 226 Å². The lowest BCUT2D eigenvalue weighted by Crippen LogP contribution is -2.61. The summed E-state index contributed by atoms with van der Waals surface area (Å²) in [6.07, 6.45) is 0. The summed E-state index contributed by atoms with van der Waals surface area (Å²) in [6.45, 7) is 27.9. The highest BCUT2D eigenvalue weighted by Gasteiger charge is 2.44. The second-order valence-electron chi connectivity index (χ2n) is 21.9. The lowest BCUT2D eigenvalue weighted by molar-refractivity contribution is 0.590. The maximum atomic E-state index is 6.36. The predicted molar refractivity (Wildman–Crippen MR) is 268 cm³/mol. The zero-order valence-electron chi connectivity index (χ0n) is 38.7. The maximum absolute atomic E-state index is 6.36. The summed E-state index contributed by atoms with van der Waals surface area (Å²) in [5.74, 6) is 0. The molecule has 62 heavy (non-hydrogen) atoms. The van der Waals surface area contributed by atoms with Crippen molar-refractivity contribution in [2.45, 2.75) is 105 Å².